The van der Waals surface area contributed by atoms with Crippen LogP contribution in [0.1, 0.15) is 17.8 Å². The third kappa shape index (κ3) is 11.1. The topological polar surface area (TPSA) is 126 Å². The van der Waals surface area contributed by atoms with Crippen molar-refractivity contribution in [1.82, 2.24) is 30.0 Å². The lowest BCUT2D eigenvalue weighted by molar-refractivity contribution is 0.00498. The maximum Gasteiger partial charge on any atom is 0.119 e. The van der Waals surface area contributed by atoms with Gasteiger partial charge in [-0.15, -0.1) is 10.2 Å². The first-order valence-corrected chi connectivity index (χ1v) is 15.0. The van der Waals surface area contributed by atoms with Crippen molar-refractivity contribution in [2.75, 3.05) is 66.1 Å². The molecule has 0 spiro atoms. The Hall–Kier alpha value is -4.20. The molecule has 13 heteroatoms. The van der Waals surface area contributed by atoms with Gasteiger partial charge in [0.05, 0.1) is 64.1 Å². The Labute approximate surface area is 256 Å². The van der Waals surface area contributed by atoms with Crippen LogP contribution in [0.3, 0.4) is 0 Å². The summed E-state index contributed by atoms with van der Waals surface area (Å²) < 4.78 is 43.5. The smallest absolute Gasteiger partial charge is 0.119 e. The molecular weight excluding hydrogens is 568 g/mol. The monoisotopic (exact) mass is 608 g/mol. The third-order valence-corrected chi connectivity index (χ3v) is 6.60. The van der Waals surface area contributed by atoms with Crippen molar-refractivity contribution < 1.29 is 33.2 Å². The molecule has 0 N–H and O–H groups in total. The third-order valence-electron chi connectivity index (χ3n) is 6.60. The zero-order chi connectivity index (χ0) is 30.1. The summed E-state index contributed by atoms with van der Waals surface area (Å²) in [7, 11) is 0. The van der Waals surface area contributed by atoms with Crippen molar-refractivity contribution in [2.24, 2.45) is 0 Å². The summed E-state index contributed by atoms with van der Waals surface area (Å²) in [5.74, 6) is 3.06. The number of aromatic nitrogens is 6. The van der Waals surface area contributed by atoms with E-state index in [0.29, 0.717) is 79.2 Å². The Balaban J connectivity index is 1.08. The molecule has 6 heterocycles. The number of aryl methyl sites for hydroxylation is 2. The molecule has 2 aromatic heterocycles. The Morgan fingerprint density at radius 3 is 1.16 bits per heavy atom. The van der Waals surface area contributed by atoms with E-state index >= 15 is 0 Å². The minimum atomic E-state index is 0.452. The van der Waals surface area contributed by atoms with E-state index in [2.05, 4.69) is 20.6 Å². The molecule has 236 valence electrons. The highest BCUT2D eigenvalue weighted by Gasteiger charge is 2.06. The van der Waals surface area contributed by atoms with Crippen molar-refractivity contribution in [1.29, 1.82) is 0 Å². The van der Waals surface area contributed by atoms with Gasteiger partial charge in [-0.05, 0) is 67.8 Å². The molecule has 4 aliphatic heterocycles. The van der Waals surface area contributed by atoms with Crippen LogP contribution in [0.15, 0.2) is 60.9 Å². The van der Waals surface area contributed by atoms with Gasteiger partial charge >= 0.3 is 0 Å². The van der Waals surface area contributed by atoms with Gasteiger partial charge in [0.2, 0.25) is 0 Å². The van der Waals surface area contributed by atoms with E-state index in [-0.39, 0.29) is 0 Å². The van der Waals surface area contributed by atoms with Crippen LogP contribution in [0.4, 0.5) is 0 Å². The van der Waals surface area contributed by atoms with Gasteiger partial charge in [-0.2, -0.15) is 0 Å². The molecule has 0 amide bonds. The predicted octanol–water partition coefficient (Wildman–Crippen LogP) is 3.02. The first-order chi connectivity index (χ1) is 21.8. The first-order valence-electron chi connectivity index (χ1n) is 15.0. The normalized spacial score (nSPS) is 17.1. The molecule has 0 unspecified atom stereocenters. The van der Waals surface area contributed by atoms with Gasteiger partial charge in [-0.3, -0.25) is 0 Å². The highest BCUT2D eigenvalue weighted by molar-refractivity contribution is 5.32. The summed E-state index contributed by atoms with van der Waals surface area (Å²) in [6.07, 6.45) is 6.45. The van der Waals surface area contributed by atoms with Crippen molar-refractivity contribution in [2.45, 2.75) is 32.4 Å². The Morgan fingerprint density at radius 1 is 0.432 bits per heavy atom. The average Bonchev–Trinajstić information content (AvgIpc) is 3.70. The molecule has 44 heavy (non-hydrogen) atoms. The Morgan fingerprint density at radius 2 is 0.773 bits per heavy atom. The number of ether oxygens (including phenoxy) is 7. The zero-order valence-corrected chi connectivity index (χ0v) is 24.9. The Bertz CT molecular complexity index is 1240. The minimum Gasteiger partial charge on any atom is -0.492 e. The van der Waals surface area contributed by atoms with Crippen LogP contribution in [0, 0.1) is 0 Å². The molecule has 0 saturated carbocycles. The number of benzene rings is 2. The van der Waals surface area contributed by atoms with Gasteiger partial charge < -0.3 is 33.2 Å². The van der Waals surface area contributed by atoms with E-state index in [1.165, 1.54) is 0 Å². The van der Waals surface area contributed by atoms with Crippen LogP contribution < -0.4 is 18.9 Å². The van der Waals surface area contributed by atoms with Crippen LogP contribution in [0.5, 0.6) is 23.0 Å². The number of rotatable bonds is 0. The van der Waals surface area contributed by atoms with E-state index in [9.17, 15) is 0 Å². The predicted molar refractivity (Wildman–Crippen MR) is 159 cm³/mol. The molecule has 0 atom stereocenters. The molecule has 8 rings (SSSR count). The maximum absolute atomic E-state index is 5.86. The number of hydrogen-bond donors (Lipinski definition) is 0. The molecule has 0 radical (unpaired) electrons. The second kappa shape index (κ2) is 17.8. The molecule has 4 aliphatic rings. The summed E-state index contributed by atoms with van der Waals surface area (Å²) in [6.45, 7) is 6.01. The fraction of sp³-hybridized carbons (Fsp3) is 0.484. The molecule has 0 saturated heterocycles. The summed E-state index contributed by atoms with van der Waals surface area (Å²) >= 11 is 0. The summed E-state index contributed by atoms with van der Waals surface area (Å²) in [4.78, 5) is 0. The fourth-order valence-electron chi connectivity index (χ4n) is 4.33. The lowest BCUT2D eigenvalue weighted by Gasteiger charge is -2.10. The molecule has 4 aromatic rings. The highest BCUT2D eigenvalue weighted by Crippen LogP contribution is 2.18. The minimum absolute atomic E-state index is 0.452. The van der Waals surface area contributed by atoms with Crippen LogP contribution in [0.2, 0.25) is 0 Å². The number of hydrogen-bond acceptors (Lipinski definition) is 11. The van der Waals surface area contributed by atoms with Crippen molar-refractivity contribution in [3.63, 3.8) is 0 Å². The van der Waals surface area contributed by atoms with Gasteiger partial charge in [-0.25, -0.2) is 9.36 Å². The summed E-state index contributed by atoms with van der Waals surface area (Å²) in [5.41, 5.74) is 1.88. The van der Waals surface area contributed by atoms with Crippen LogP contribution in [-0.4, -0.2) is 96.1 Å². The molecule has 0 aliphatic carbocycles. The van der Waals surface area contributed by atoms with E-state index in [4.69, 9.17) is 33.2 Å². The van der Waals surface area contributed by atoms with Gasteiger partial charge in [0.1, 0.15) is 49.4 Å². The van der Waals surface area contributed by atoms with Gasteiger partial charge in [-0.1, -0.05) is 10.4 Å². The lowest BCUT2D eigenvalue weighted by Crippen LogP contribution is -2.14. The van der Waals surface area contributed by atoms with Crippen LogP contribution >= 0.6 is 0 Å². The van der Waals surface area contributed by atoms with Crippen LogP contribution in [0.25, 0.3) is 0 Å². The van der Waals surface area contributed by atoms with E-state index in [1.54, 1.807) is 9.36 Å². The van der Waals surface area contributed by atoms with Gasteiger partial charge in [0, 0.05) is 12.4 Å². The van der Waals surface area contributed by atoms with E-state index in [0.717, 1.165) is 53.6 Å². The number of nitrogens with zero attached hydrogens (tertiary/aromatic N) is 6. The standard InChI is InChI=1S/C31H40N6O7/c1-2-26-24-36(34-32-26)12-14-41-28-4-8-30(9-5-28)43-22-20-39-18-16-38-17-19-40-21-23-44-31-10-6-29(7-11-31)42-15-13-37-25-27(3-1)33-35-37/h4-11,24-25H,1-3,12-23H2. The zero-order valence-electron chi connectivity index (χ0n) is 24.9. The molecule has 8 bridgehead atoms. The van der Waals surface area contributed by atoms with E-state index < -0.39 is 0 Å². The second-order valence-corrected chi connectivity index (χ2v) is 9.97. The molecule has 2 aromatic carbocycles. The molecular formula is C31H40N6O7. The van der Waals surface area contributed by atoms with Crippen molar-refractivity contribution in [3.8, 4) is 23.0 Å². The second-order valence-electron chi connectivity index (χ2n) is 9.97. The molecule has 13 nitrogen and oxygen atoms in total. The maximum atomic E-state index is 5.86. The SMILES string of the molecule is c1cc2ccc1OCCOCCOCCOCCOc1ccc(cc1)OCCn1cc(nn1)CCCc1cn(nn1)CCO2. The fourth-order valence-corrected chi connectivity index (χ4v) is 4.33. The first kappa shape index (κ1) is 31.2. The van der Waals surface area contributed by atoms with Crippen molar-refractivity contribution in [3.05, 3.63) is 72.3 Å². The lowest BCUT2D eigenvalue weighted by atomic mass is 10.2. The largest absolute Gasteiger partial charge is 0.492 e. The average molecular weight is 609 g/mol. The van der Waals surface area contributed by atoms with E-state index in [1.807, 2.05) is 60.9 Å². The van der Waals surface area contributed by atoms with Crippen LogP contribution in [-0.2, 0) is 40.1 Å². The van der Waals surface area contributed by atoms with Gasteiger partial charge in [0.25, 0.3) is 0 Å². The molecule has 0 fully saturated rings. The highest BCUT2D eigenvalue weighted by atomic mass is 16.6. The summed E-state index contributed by atoms with van der Waals surface area (Å²) in [6, 6.07) is 15.1. The quantitative estimate of drug-likeness (QED) is 0.292. The Kier molecular flexibility index (Phi) is 12.6. The summed E-state index contributed by atoms with van der Waals surface area (Å²) in [5, 5.41) is 17.0. The van der Waals surface area contributed by atoms with Crippen molar-refractivity contribution >= 4 is 0 Å². The van der Waals surface area contributed by atoms with Gasteiger partial charge in [0.15, 0.2) is 0 Å².